The number of aliphatic hydroxyl groups is 1. The highest BCUT2D eigenvalue weighted by Crippen LogP contribution is 2.30. The van der Waals surface area contributed by atoms with Crippen LogP contribution in [0.25, 0.3) is 0 Å². The molecule has 0 heterocycles. The highest BCUT2D eigenvalue weighted by Gasteiger charge is 2.31. The van der Waals surface area contributed by atoms with Gasteiger partial charge in [0.2, 0.25) is 0 Å². The Morgan fingerprint density at radius 2 is 1.95 bits per heavy atom. The average Bonchev–Trinajstić information content (AvgIpc) is 2.35. The quantitative estimate of drug-likeness (QED) is 0.856. The third-order valence-corrected chi connectivity index (χ3v) is 4.03. The lowest BCUT2D eigenvalue weighted by Crippen LogP contribution is -2.37. The molecular weight excluding hydrogens is 297 g/mol. The van der Waals surface area contributed by atoms with Crippen LogP contribution >= 0.6 is 0 Å². The monoisotopic (exact) mass is 312 g/mol. The van der Waals surface area contributed by atoms with Crippen LogP contribution < -0.4 is 4.72 Å². The van der Waals surface area contributed by atoms with Crippen molar-refractivity contribution in [3.05, 3.63) is 35.4 Å². The summed E-state index contributed by atoms with van der Waals surface area (Å²) < 4.78 is 63.3. The van der Waals surface area contributed by atoms with Crippen molar-refractivity contribution in [3.8, 4) is 0 Å². The molecule has 0 amide bonds. The van der Waals surface area contributed by atoms with Gasteiger partial charge in [-0.1, -0.05) is 12.1 Å². The first-order chi connectivity index (χ1) is 9.04. The summed E-state index contributed by atoms with van der Waals surface area (Å²) in [7, 11) is -1.16. The molecule has 0 aromatic heterocycles. The lowest BCUT2D eigenvalue weighted by Gasteiger charge is -2.16. The van der Waals surface area contributed by atoms with Crippen LogP contribution in [0.1, 0.15) is 17.2 Å². The van der Waals surface area contributed by atoms with E-state index in [4.69, 9.17) is 0 Å². The molecule has 0 saturated heterocycles. The highest BCUT2D eigenvalue weighted by molar-refractivity contribution is 7.87. The molecular formula is C11H15F3N2O3S. The zero-order chi connectivity index (χ0) is 15.6. The van der Waals surface area contributed by atoms with Crippen molar-refractivity contribution in [3.63, 3.8) is 0 Å². The number of rotatable bonds is 5. The standard InChI is InChI=1S/C11H15F3N2O3S/c1-16(2)20(18,19)15-7-10(17)8-4-3-5-9(6-8)11(12,13)14/h3-6,10,15,17H,7H2,1-2H3. The minimum atomic E-state index is -4.52. The molecule has 1 aromatic carbocycles. The molecule has 0 spiro atoms. The van der Waals surface area contributed by atoms with Gasteiger partial charge in [-0.2, -0.15) is 30.6 Å². The van der Waals surface area contributed by atoms with Gasteiger partial charge in [-0.05, 0) is 17.7 Å². The molecule has 0 aliphatic rings. The SMILES string of the molecule is CN(C)S(=O)(=O)NCC(O)c1cccc(C(F)(F)F)c1. The summed E-state index contributed by atoms with van der Waals surface area (Å²) in [4.78, 5) is 0. The molecule has 0 aliphatic carbocycles. The van der Waals surface area contributed by atoms with Crippen LogP contribution in [0.5, 0.6) is 0 Å². The van der Waals surface area contributed by atoms with Crippen molar-refractivity contribution in [2.75, 3.05) is 20.6 Å². The van der Waals surface area contributed by atoms with Crippen molar-refractivity contribution < 1.29 is 26.7 Å². The van der Waals surface area contributed by atoms with E-state index in [0.717, 1.165) is 22.5 Å². The normalized spacial score (nSPS) is 14.6. The number of aliphatic hydroxyl groups excluding tert-OH is 1. The molecule has 0 fully saturated rings. The molecule has 1 aromatic rings. The van der Waals surface area contributed by atoms with Gasteiger partial charge in [0.15, 0.2) is 0 Å². The van der Waals surface area contributed by atoms with Crippen molar-refractivity contribution >= 4 is 10.2 Å². The molecule has 2 N–H and O–H groups in total. The van der Waals surface area contributed by atoms with Crippen LogP contribution in [0.15, 0.2) is 24.3 Å². The minimum Gasteiger partial charge on any atom is -0.387 e. The second kappa shape index (κ2) is 6.08. The third-order valence-electron chi connectivity index (χ3n) is 2.54. The fourth-order valence-corrected chi connectivity index (χ4v) is 1.98. The lowest BCUT2D eigenvalue weighted by atomic mass is 10.1. The average molecular weight is 312 g/mol. The molecule has 0 bridgehead atoms. The Hall–Kier alpha value is -1.16. The van der Waals surface area contributed by atoms with Crippen molar-refractivity contribution in [1.29, 1.82) is 0 Å². The molecule has 1 unspecified atom stereocenters. The fraction of sp³-hybridized carbons (Fsp3) is 0.455. The van der Waals surface area contributed by atoms with E-state index in [1.807, 2.05) is 0 Å². The van der Waals surface area contributed by atoms with E-state index in [1.54, 1.807) is 0 Å². The summed E-state index contributed by atoms with van der Waals surface area (Å²) in [6.45, 7) is -0.415. The van der Waals surface area contributed by atoms with E-state index in [1.165, 1.54) is 20.2 Å². The number of hydrogen-bond acceptors (Lipinski definition) is 3. The van der Waals surface area contributed by atoms with Gasteiger partial charge in [0.05, 0.1) is 11.7 Å². The number of halogens is 3. The van der Waals surface area contributed by atoms with E-state index in [0.29, 0.717) is 0 Å². The summed E-state index contributed by atoms with van der Waals surface area (Å²) in [5, 5.41) is 9.74. The smallest absolute Gasteiger partial charge is 0.387 e. The van der Waals surface area contributed by atoms with Gasteiger partial charge < -0.3 is 5.11 Å². The van der Waals surface area contributed by atoms with Crippen LogP contribution in [0.4, 0.5) is 13.2 Å². The van der Waals surface area contributed by atoms with E-state index in [9.17, 15) is 26.7 Å². The van der Waals surface area contributed by atoms with Crippen LogP contribution in [0, 0.1) is 0 Å². The largest absolute Gasteiger partial charge is 0.416 e. The molecule has 5 nitrogen and oxygen atoms in total. The van der Waals surface area contributed by atoms with E-state index >= 15 is 0 Å². The molecule has 1 rings (SSSR count). The zero-order valence-corrected chi connectivity index (χ0v) is 11.7. The predicted molar refractivity (Wildman–Crippen MR) is 67.0 cm³/mol. The number of alkyl halides is 3. The Morgan fingerprint density at radius 3 is 2.45 bits per heavy atom. The van der Waals surface area contributed by atoms with Gasteiger partial charge in [-0.15, -0.1) is 0 Å². The number of nitrogens with zero attached hydrogens (tertiary/aromatic N) is 1. The van der Waals surface area contributed by atoms with Gasteiger partial charge in [0.25, 0.3) is 10.2 Å². The lowest BCUT2D eigenvalue weighted by molar-refractivity contribution is -0.137. The summed E-state index contributed by atoms with van der Waals surface area (Å²) >= 11 is 0. The fourth-order valence-electron chi connectivity index (χ4n) is 1.35. The maximum atomic E-state index is 12.5. The maximum Gasteiger partial charge on any atom is 0.416 e. The molecule has 114 valence electrons. The highest BCUT2D eigenvalue weighted by atomic mass is 32.2. The third kappa shape index (κ3) is 4.44. The predicted octanol–water partition coefficient (Wildman–Crippen LogP) is 1.13. The van der Waals surface area contributed by atoms with E-state index < -0.39 is 34.6 Å². The summed E-state index contributed by atoms with van der Waals surface area (Å²) in [5.41, 5.74) is -0.911. The molecule has 9 heteroatoms. The number of benzene rings is 1. The summed E-state index contributed by atoms with van der Waals surface area (Å²) in [5.74, 6) is 0. The first kappa shape index (κ1) is 16.9. The maximum absolute atomic E-state index is 12.5. The second-order valence-electron chi connectivity index (χ2n) is 4.27. The van der Waals surface area contributed by atoms with Gasteiger partial charge in [0, 0.05) is 20.6 Å². The first-order valence-corrected chi connectivity index (χ1v) is 7.00. The Morgan fingerprint density at radius 1 is 1.35 bits per heavy atom. The topological polar surface area (TPSA) is 69.6 Å². The van der Waals surface area contributed by atoms with Crippen molar-refractivity contribution in [1.82, 2.24) is 9.03 Å². The van der Waals surface area contributed by atoms with Gasteiger partial charge >= 0.3 is 6.18 Å². The number of nitrogens with one attached hydrogen (secondary N) is 1. The molecule has 0 aliphatic heterocycles. The van der Waals surface area contributed by atoms with Gasteiger partial charge in [-0.3, -0.25) is 0 Å². The summed E-state index contributed by atoms with van der Waals surface area (Å²) in [6, 6.07) is 4.11. The molecule has 0 radical (unpaired) electrons. The van der Waals surface area contributed by atoms with Crippen LogP contribution in [-0.2, 0) is 16.4 Å². The van der Waals surface area contributed by atoms with E-state index in [-0.39, 0.29) is 5.56 Å². The first-order valence-electron chi connectivity index (χ1n) is 5.56. The van der Waals surface area contributed by atoms with Crippen molar-refractivity contribution in [2.24, 2.45) is 0 Å². The van der Waals surface area contributed by atoms with Gasteiger partial charge in [0.1, 0.15) is 0 Å². The minimum absolute atomic E-state index is 0.0127. The summed E-state index contributed by atoms with van der Waals surface area (Å²) in [6.07, 6.45) is -5.88. The van der Waals surface area contributed by atoms with Crippen LogP contribution in [0.3, 0.4) is 0 Å². The Bertz CT molecular complexity index is 558. The molecule has 1 atom stereocenters. The van der Waals surface area contributed by atoms with E-state index in [2.05, 4.69) is 4.72 Å². The van der Waals surface area contributed by atoms with Crippen molar-refractivity contribution in [2.45, 2.75) is 12.3 Å². The van der Waals surface area contributed by atoms with Crippen LogP contribution in [-0.4, -0.2) is 38.5 Å². The molecule has 0 saturated carbocycles. The number of hydrogen-bond donors (Lipinski definition) is 2. The molecule has 20 heavy (non-hydrogen) atoms. The Labute approximate surface area is 115 Å². The zero-order valence-electron chi connectivity index (χ0n) is 10.8. The van der Waals surface area contributed by atoms with Crippen LogP contribution in [0.2, 0.25) is 0 Å². The van der Waals surface area contributed by atoms with Gasteiger partial charge in [-0.25, -0.2) is 0 Å². The second-order valence-corrected chi connectivity index (χ2v) is 6.24. The Kier molecular flexibility index (Phi) is 5.14. The Balaban J connectivity index is 2.81.